The van der Waals surface area contributed by atoms with Gasteiger partial charge in [-0.25, -0.2) is 17.9 Å². The van der Waals surface area contributed by atoms with Crippen LogP contribution in [0.15, 0.2) is 47.3 Å². The Balaban J connectivity index is 2.09. The van der Waals surface area contributed by atoms with Crippen molar-refractivity contribution in [3.05, 3.63) is 81.4 Å². The van der Waals surface area contributed by atoms with E-state index in [1.165, 1.54) is 31.4 Å². The van der Waals surface area contributed by atoms with Gasteiger partial charge in [-0.15, -0.1) is 0 Å². The van der Waals surface area contributed by atoms with Crippen LogP contribution >= 0.6 is 0 Å². The molecule has 0 spiro atoms. The van der Waals surface area contributed by atoms with E-state index in [9.17, 15) is 26.4 Å². The van der Waals surface area contributed by atoms with Crippen LogP contribution in [0.2, 0.25) is 0 Å². The number of aromatic nitrogens is 2. The molecule has 3 rings (SSSR count). The zero-order valence-electron chi connectivity index (χ0n) is 16.4. The summed E-state index contributed by atoms with van der Waals surface area (Å²) in [4.78, 5) is 12.8. The maximum atomic E-state index is 14.1. The van der Waals surface area contributed by atoms with Gasteiger partial charge in [0.2, 0.25) is 0 Å². The van der Waals surface area contributed by atoms with E-state index < -0.39 is 39.7 Å². The Morgan fingerprint density at radius 3 is 2.35 bits per heavy atom. The molecule has 164 valence electrons. The Morgan fingerprint density at radius 1 is 1.00 bits per heavy atom. The quantitative estimate of drug-likeness (QED) is 0.511. The van der Waals surface area contributed by atoms with Crippen LogP contribution < -0.4 is 10.3 Å². The number of ether oxygens (including phenoxy) is 1. The first-order chi connectivity index (χ1) is 14.6. The van der Waals surface area contributed by atoms with Crippen molar-refractivity contribution in [1.82, 2.24) is 9.78 Å². The summed E-state index contributed by atoms with van der Waals surface area (Å²) in [5.41, 5.74) is -0.129. The second kappa shape index (κ2) is 8.90. The third kappa shape index (κ3) is 5.50. The van der Waals surface area contributed by atoms with Gasteiger partial charge in [-0.3, -0.25) is 8.98 Å². The largest absolute Gasteiger partial charge is 0.494 e. The van der Waals surface area contributed by atoms with Crippen molar-refractivity contribution >= 4 is 10.1 Å². The van der Waals surface area contributed by atoms with Crippen LogP contribution in [-0.4, -0.2) is 31.6 Å². The summed E-state index contributed by atoms with van der Waals surface area (Å²) >= 11 is 0. The maximum Gasteiger partial charge on any atom is 0.272 e. The molecule has 0 amide bonds. The second-order valence-electron chi connectivity index (χ2n) is 6.58. The van der Waals surface area contributed by atoms with Crippen molar-refractivity contribution < 1.29 is 30.5 Å². The lowest BCUT2D eigenvalue weighted by Crippen LogP contribution is -2.28. The van der Waals surface area contributed by atoms with Crippen molar-refractivity contribution in [2.75, 3.05) is 13.4 Å². The Kier molecular flexibility index (Phi) is 6.46. The van der Waals surface area contributed by atoms with E-state index in [4.69, 9.17) is 8.92 Å². The average Bonchev–Trinajstić information content (AvgIpc) is 2.70. The molecule has 0 aliphatic heterocycles. The molecule has 0 saturated heterocycles. The summed E-state index contributed by atoms with van der Waals surface area (Å²) < 4.78 is 74.1. The van der Waals surface area contributed by atoms with Gasteiger partial charge in [0.15, 0.2) is 23.2 Å². The number of benzene rings is 2. The average molecular weight is 454 g/mol. The molecule has 0 N–H and O–H groups in total. The lowest BCUT2D eigenvalue weighted by Gasteiger charge is -2.12. The molecule has 1 aromatic heterocycles. The molecule has 11 heteroatoms. The molecular weight excluding hydrogens is 437 g/mol. The minimum atomic E-state index is -3.85. The molecule has 7 nitrogen and oxygen atoms in total. The molecule has 31 heavy (non-hydrogen) atoms. The van der Waals surface area contributed by atoms with Crippen molar-refractivity contribution in [2.24, 2.45) is 0 Å². The molecule has 0 fully saturated rings. The molecule has 0 saturated carbocycles. The highest BCUT2D eigenvalue weighted by Gasteiger charge is 2.15. The molecule has 0 aliphatic rings. The molecule has 3 aromatic rings. The summed E-state index contributed by atoms with van der Waals surface area (Å²) in [6.07, 6.45) is 0.827. The molecule has 1 heterocycles. The minimum absolute atomic E-state index is 0.000470. The Morgan fingerprint density at radius 2 is 1.74 bits per heavy atom. The summed E-state index contributed by atoms with van der Waals surface area (Å²) in [7, 11) is -2.55. The molecule has 0 aliphatic carbocycles. The molecule has 0 atom stereocenters. The van der Waals surface area contributed by atoms with Crippen LogP contribution in [0.4, 0.5) is 13.2 Å². The molecule has 0 bridgehead atoms. The SMILES string of the molecule is COc1ccc(-c2cc(COS(C)(=O)=O)c(=O)n(Cc3ccc(F)c(F)c3)n2)cc1F. The first-order valence-electron chi connectivity index (χ1n) is 8.80. The summed E-state index contributed by atoms with van der Waals surface area (Å²) in [6, 6.07) is 8.37. The van der Waals surface area contributed by atoms with Crippen LogP contribution in [0, 0.1) is 17.5 Å². The van der Waals surface area contributed by atoms with Crippen LogP contribution in [0.1, 0.15) is 11.1 Å². The van der Waals surface area contributed by atoms with Gasteiger partial charge in [-0.05, 0) is 42.0 Å². The van der Waals surface area contributed by atoms with E-state index in [-0.39, 0.29) is 34.7 Å². The van der Waals surface area contributed by atoms with Gasteiger partial charge < -0.3 is 4.74 Å². The van der Waals surface area contributed by atoms with E-state index in [2.05, 4.69) is 5.10 Å². The summed E-state index contributed by atoms with van der Waals surface area (Å²) in [6.45, 7) is -0.821. The monoisotopic (exact) mass is 454 g/mol. The highest BCUT2D eigenvalue weighted by Crippen LogP contribution is 2.24. The van der Waals surface area contributed by atoms with Crippen molar-refractivity contribution in [2.45, 2.75) is 13.2 Å². The second-order valence-corrected chi connectivity index (χ2v) is 8.23. The fraction of sp³-hybridized carbons (Fsp3) is 0.200. The fourth-order valence-corrected chi connectivity index (χ4v) is 3.10. The lowest BCUT2D eigenvalue weighted by molar-refractivity contribution is 0.308. The number of nitrogens with zero attached hydrogens (tertiary/aromatic N) is 2. The lowest BCUT2D eigenvalue weighted by atomic mass is 10.1. The van der Waals surface area contributed by atoms with Gasteiger partial charge in [0.05, 0.1) is 32.2 Å². The minimum Gasteiger partial charge on any atom is -0.494 e. The number of halogens is 3. The Hall–Kier alpha value is -3.18. The third-order valence-electron chi connectivity index (χ3n) is 4.24. The van der Waals surface area contributed by atoms with Crippen molar-refractivity contribution in [3.63, 3.8) is 0 Å². The standard InChI is InChI=1S/C20H17F3N2O5S/c1-29-19-6-4-13(8-17(19)23)18-9-14(11-30-31(2,27)28)20(26)25(24-18)10-12-3-5-15(21)16(22)7-12/h3-9H,10-11H2,1-2H3. The predicted octanol–water partition coefficient (Wildman–Crippen LogP) is 2.86. The van der Waals surface area contributed by atoms with Gasteiger partial charge >= 0.3 is 0 Å². The van der Waals surface area contributed by atoms with Crippen LogP contribution in [0.3, 0.4) is 0 Å². The molecule has 0 radical (unpaired) electrons. The predicted molar refractivity (Wildman–Crippen MR) is 106 cm³/mol. The Labute approximate surface area is 175 Å². The van der Waals surface area contributed by atoms with Crippen molar-refractivity contribution in [1.29, 1.82) is 0 Å². The molecule has 2 aromatic carbocycles. The van der Waals surface area contributed by atoms with E-state index in [1.54, 1.807) is 0 Å². The molecular formula is C20H17F3N2O5S. The number of methoxy groups -OCH3 is 1. The first kappa shape index (κ1) is 22.5. The normalized spacial score (nSPS) is 11.5. The molecule has 0 unspecified atom stereocenters. The van der Waals surface area contributed by atoms with Gasteiger partial charge in [0.1, 0.15) is 0 Å². The highest BCUT2D eigenvalue weighted by atomic mass is 32.2. The van der Waals surface area contributed by atoms with Gasteiger partial charge in [-0.1, -0.05) is 6.07 Å². The maximum absolute atomic E-state index is 14.1. The fourth-order valence-electron chi connectivity index (χ4n) is 2.76. The van der Waals surface area contributed by atoms with Gasteiger partial charge in [0.25, 0.3) is 15.7 Å². The zero-order valence-corrected chi connectivity index (χ0v) is 17.2. The van der Waals surface area contributed by atoms with Gasteiger partial charge in [-0.2, -0.15) is 13.5 Å². The number of rotatable bonds is 7. The van der Waals surface area contributed by atoms with E-state index in [1.807, 2.05) is 0 Å². The Bertz CT molecular complexity index is 1290. The first-order valence-corrected chi connectivity index (χ1v) is 10.6. The topological polar surface area (TPSA) is 87.5 Å². The van der Waals surface area contributed by atoms with Gasteiger partial charge in [0, 0.05) is 11.1 Å². The van der Waals surface area contributed by atoms with E-state index in [0.29, 0.717) is 0 Å². The number of hydrogen-bond acceptors (Lipinski definition) is 6. The zero-order chi connectivity index (χ0) is 22.8. The summed E-state index contributed by atoms with van der Waals surface area (Å²) in [5.74, 6) is -2.82. The van der Waals surface area contributed by atoms with Crippen molar-refractivity contribution in [3.8, 4) is 17.0 Å². The van der Waals surface area contributed by atoms with Crippen LogP contribution in [-0.2, 0) is 27.5 Å². The highest BCUT2D eigenvalue weighted by molar-refractivity contribution is 7.85. The number of hydrogen-bond donors (Lipinski definition) is 0. The van der Waals surface area contributed by atoms with E-state index >= 15 is 0 Å². The smallest absolute Gasteiger partial charge is 0.272 e. The van der Waals surface area contributed by atoms with Crippen LogP contribution in [0.5, 0.6) is 5.75 Å². The third-order valence-corrected chi connectivity index (χ3v) is 4.79. The van der Waals surface area contributed by atoms with Crippen LogP contribution in [0.25, 0.3) is 11.3 Å². The summed E-state index contributed by atoms with van der Waals surface area (Å²) in [5, 5.41) is 4.17. The van der Waals surface area contributed by atoms with E-state index in [0.717, 1.165) is 29.1 Å².